The fourth-order valence-corrected chi connectivity index (χ4v) is 3.32. The minimum atomic E-state index is -3.79. The van der Waals surface area contributed by atoms with E-state index in [0.29, 0.717) is 5.69 Å². The van der Waals surface area contributed by atoms with Crippen LogP contribution in [0.15, 0.2) is 24.3 Å². The van der Waals surface area contributed by atoms with Crippen molar-refractivity contribution in [2.24, 2.45) is 0 Å². The molecule has 0 bridgehead atoms. The summed E-state index contributed by atoms with van der Waals surface area (Å²) < 4.78 is 42.2. The minimum Gasteiger partial charge on any atom is -0.267 e. The lowest BCUT2D eigenvalue weighted by atomic mass is 10.2. The summed E-state index contributed by atoms with van der Waals surface area (Å²) in [4.78, 5) is 0. The van der Waals surface area contributed by atoms with Crippen LogP contribution in [0.25, 0.3) is 0 Å². The summed E-state index contributed by atoms with van der Waals surface area (Å²) in [5.74, 6) is -0.753. The maximum atomic E-state index is 13.8. The molecule has 0 aliphatic rings. The van der Waals surface area contributed by atoms with Gasteiger partial charge in [-0.3, -0.25) is 4.72 Å². The van der Waals surface area contributed by atoms with Crippen molar-refractivity contribution in [2.75, 3.05) is 4.72 Å². The quantitative estimate of drug-likeness (QED) is 0.878. The number of nitriles is 1. The monoisotopic (exact) mass is 336 g/mol. The van der Waals surface area contributed by atoms with Crippen LogP contribution >= 0.6 is 0 Å². The number of aromatic nitrogens is 2. The second kappa shape index (κ2) is 6.79. The van der Waals surface area contributed by atoms with Crippen LogP contribution in [-0.2, 0) is 22.3 Å². The SMILES string of the molecule is Cc1ccc(CS(=O)(=O)Nc2cc(C)nn2CCC#N)c(F)c1. The number of sulfonamides is 1. The standard InChI is InChI=1S/C15H17FN4O2S/c1-11-4-5-13(14(16)8-11)10-23(21,22)19-15-9-12(2)18-20(15)7-3-6-17/h4-5,8-9,19H,3,7,10H2,1-2H3. The van der Waals surface area contributed by atoms with Crippen LogP contribution in [0.5, 0.6) is 0 Å². The number of hydrogen-bond acceptors (Lipinski definition) is 4. The Kier molecular flexibility index (Phi) is 5.01. The van der Waals surface area contributed by atoms with Crippen molar-refractivity contribution in [2.45, 2.75) is 32.6 Å². The smallest absolute Gasteiger partial charge is 0.238 e. The summed E-state index contributed by atoms with van der Waals surface area (Å²) in [6.45, 7) is 3.73. The first-order valence-electron chi connectivity index (χ1n) is 6.97. The van der Waals surface area contributed by atoms with Gasteiger partial charge in [-0.15, -0.1) is 0 Å². The Labute approximate surface area is 134 Å². The summed E-state index contributed by atoms with van der Waals surface area (Å²) in [5.41, 5.74) is 1.45. The number of aryl methyl sites for hydroxylation is 3. The predicted molar refractivity (Wildman–Crippen MR) is 84.6 cm³/mol. The van der Waals surface area contributed by atoms with E-state index in [9.17, 15) is 12.8 Å². The molecule has 1 N–H and O–H groups in total. The Hall–Kier alpha value is -2.40. The van der Waals surface area contributed by atoms with E-state index < -0.39 is 21.6 Å². The Morgan fingerprint density at radius 1 is 1.35 bits per heavy atom. The zero-order valence-electron chi connectivity index (χ0n) is 12.9. The molecule has 0 unspecified atom stereocenters. The molecule has 2 aromatic rings. The van der Waals surface area contributed by atoms with Crippen LogP contribution in [0.4, 0.5) is 10.2 Å². The number of rotatable bonds is 6. The van der Waals surface area contributed by atoms with E-state index >= 15 is 0 Å². The predicted octanol–water partition coefficient (Wildman–Crippen LogP) is 2.49. The summed E-state index contributed by atoms with van der Waals surface area (Å²) in [7, 11) is -3.79. The number of benzene rings is 1. The number of hydrogen-bond donors (Lipinski definition) is 1. The maximum absolute atomic E-state index is 13.8. The molecule has 8 heteroatoms. The van der Waals surface area contributed by atoms with Crippen molar-refractivity contribution in [3.05, 3.63) is 46.9 Å². The number of nitrogens with one attached hydrogen (secondary N) is 1. The highest BCUT2D eigenvalue weighted by molar-refractivity contribution is 7.91. The Bertz CT molecular complexity index is 853. The third kappa shape index (κ3) is 4.53. The second-order valence-electron chi connectivity index (χ2n) is 5.26. The third-order valence-corrected chi connectivity index (χ3v) is 4.36. The molecular formula is C15H17FN4O2S. The van der Waals surface area contributed by atoms with Crippen molar-refractivity contribution < 1.29 is 12.8 Å². The van der Waals surface area contributed by atoms with Crippen molar-refractivity contribution in [1.82, 2.24) is 9.78 Å². The summed E-state index contributed by atoms with van der Waals surface area (Å²) in [5, 5.41) is 12.8. The fraction of sp³-hybridized carbons (Fsp3) is 0.333. The number of halogens is 1. The van der Waals surface area contributed by atoms with Gasteiger partial charge in [0.2, 0.25) is 10.0 Å². The first-order chi connectivity index (χ1) is 10.8. The van der Waals surface area contributed by atoms with Gasteiger partial charge in [0.05, 0.1) is 30.5 Å². The average Bonchev–Trinajstić information content (AvgIpc) is 2.78. The molecule has 0 spiro atoms. The first kappa shape index (κ1) is 17.0. The van der Waals surface area contributed by atoms with Crippen LogP contribution in [0.2, 0.25) is 0 Å². The topological polar surface area (TPSA) is 87.8 Å². The molecule has 0 radical (unpaired) electrons. The zero-order chi connectivity index (χ0) is 17.0. The molecule has 0 saturated heterocycles. The van der Waals surface area contributed by atoms with Gasteiger partial charge < -0.3 is 0 Å². The van der Waals surface area contributed by atoms with E-state index in [1.165, 1.54) is 16.8 Å². The molecule has 1 aromatic heterocycles. The molecule has 0 aliphatic carbocycles. The Morgan fingerprint density at radius 2 is 2.09 bits per heavy atom. The van der Waals surface area contributed by atoms with Gasteiger partial charge >= 0.3 is 0 Å². The van der Waals surface area contributed by atoms with Crippen molar-refractivity contribution >= 4 is 15.8 Å². The molecule has 1 aromatic carbocycles. The van der Waals surface area contributed by atoms with E-state index in [1.807, 2.05) is 6.07 Å². The summed E-state index contributed by atoms with van der Waals surface area (Å²) in [6.07, 6.45) is 0.211. The molecule has 1 heterocycles. The van der Waals surface area contributed by atoms with Gasteiger partial charge in [0.1, 0.15) is 11.6 Å². The zero-order valence-corrected chi connectivity index (χ0v) is 13.7. The molecule has 6 nitrogen and oxygen atoms in total. The molecule has 0 atom stereocenters. The van der Waals surface area contributed by atoms with Gasteiger partial charge in [0.15, 0.2) is 0 Å². The van der Waals surface area contributed by atoms with Gasteiger partial charge in [-0.05, 0) is 25.5 Å². The second-order valence-corrected chi connectivity index (χ2v) is 6.98. The molecule has 0 aliphatic heterocycles. The summed E-state index contributed by atoms with van der Waals surface area (Å²) >= 11 is 0. The van der Waals surface area contributed by atoms with Gasteiger partial charge in [-0.25, -0.2) is 17.5 Å². The van der Waals surface area contributed by atoms with E-state index in [1.54, 1.807) is 26.0 Å². The largest absolute Gasteiger partial charge is 0.267 e. The van der Waals surface area contributed by atoms with Gasteiger partial charge in [0, 0.05) is 11.6 Å². The number of anilines is 1. The summed E-state index contributed by atoms with van der Waals surface area (Å²) in [6, 6.07) is 7.97. The van der Waals surface area contributed by atoms with Crippen molar-refractivity contribution in [3.8, 4) is 6.07 Å². The van der Waals surface area contributed by atoms with Gasteiger partial charge in [-0.1, -0.05) is 12.1 Å². The fourth-order valence-electron chi connectivity index (χ4n) is 2.12. The first-order valence-corrected chi connectivity index (χ1v) is 8.63. The molecule has 23 heavy (non-hydrogen) atoms. The molecule has 0 fully saturated rings. The highest BCUT2D eigenvalue weighted by Crippen LogP contribution is 2.17. The van der Waals surface area contributed by atoms with Crippen LogP contribution in [-0.4, -0.2) is 18.2 Å². The van der Waals surface area contributed by atoms with Gasteiger partial charge in [-0.2, -0.15) is 10.4 Å². The molecular weight excluding hydrogens is 319 g/mol. The lowest BCUT2D eigenvalue weighted by Gasteiger charge is -2.10. The molecule has 0 saturated carbocycles. The highest BCUT2D eigenvalue weighted by atomic mass is 32.2. The Balaban J connectivity index is 2.20. The van der Waals surface area contributed by atoms with Gasteiger partial charge in [0.25, 0.3) is 0 Å². The van der Waals surface area contributed by atoms with Crippen LogP contribution < -0.4 is 4.72 Å². The van der Waals surface area contributed by atoms with Crippen molar-refractivity contribution in [3.63, 3.8) is 0 Å². The Morgan fingerprint density at radius 3 is 2.74 bits per heavy atom. The molecule has 122 valence electrons. The lowest BCUT2D eigenvalue weighted by Crippen LogP contribution is -2.18. The molecule has 2 rings (SSSR count). The maximum Gasteiger partial charge on any atom is 0.238 e. The van der Waals surface area contributed by atoms with Crippen molar-refractivity contribution in [1.29, 1.82) is 5.26 Å². The lowest BCUT2D eigenvalue weighted by molar-refractivity contribution is 0.588. The third-order valence-electron chi connectivity index (χ3n) is 3.15. The van der Waals surface area contributed by atoms with E-state index in [4.69, 9.17) is 5.26 Å². The van der Waals surface area contributed by atoms with Crippen LogP contribution in [0.1, 0.15) is 23.2 Å². The number of nitrogens with zero attached hydrogens (tertiary/aromatic N) is 3. The van der Waals surface area contributed by atoms with Crippen LogP contribution in [0, 0.1) is 31.0 Å². The van der Waals surface area contributed by atoms with Crippen LogP contribution in [0.3, 0.4) is 0 Å². The highest BCUT2D eigenvalue weighted by Gasteiger charge is 2.17. The van der Waals surface area contributed by atoms with E-state index in [2.05, 4.69) is 9.82 Å². The molecule has 0 amide bonds. The van der Waals surface area contributed by atoms with E-state index in [-0.39, 0.29) is 24.3 Å². The minimum absolute atomic E-state index is 0.0999. The normalized spacial score (nSPS) is 11.2. The average molecular weight is 336 g/mol. The van der Waals surface area contributed by atoms with E-state index in [0.717, 1.165) is 5.56 Å².